The highest BCUT2D eigenvalue weighted by atomic mass is 16.3. The first-order valence-corrected chi connectivity index (χ1v) is 5.77. The zero-order valence-electron chi connectivity index (χ0n) is 10.7. The summed E-state index contributed by atoms with van der Waals surface area (Å²) >= 11 is 0. The molecule has 0 saturated heterocycles. The Morgan fingerprint density at radius 1 is 0.947 bits per heavy atom. The average Bonchev–Trinajstić information content (AvgIpc) is 2.44. The topological polar surface area (TPSA) is 78.4 Å². The monoisotopic (exact) mass is 258 g/mol. The van der Waals surface area contributed by atoms with E-state index in [0.717, 1.165) is 10.8 Å². The molecule has 5 heteroatoms. The van der Waals surface area contributed by atoms with Gasteiger partial charge < -0.3 is 15.7 Å². The standard InChI is InChI=1S/C14H14N2O3/c1-15-13(18)9-4-3-8-7-12(17)11(14(19)16-2)6-10(8)5-9/h3-7,17H,1-2H3,(H,15,18)(H,16,19). The van der Waals surface area contributed by atoms with Crippen LogP contribution in [0.5, 0.6) is 5.75 Å². The highest BCUT2D eigenvalue weighted by Gasteiger charge is 2.12. The fourth-order valence-electron chi connectivity index (χ4n) is 1.89. The van der Waals surface area contributed by atoms with Gasteiger partial charge in [0.2, 0.25) is 0 Å². The summed E-state index contributed by atoms with van der Waals surface area (Å²) in [6.45, 7) is 0. The molecule has 0 aliphatic rings. The minimum Gasteiger partial charge on any atom is -0.507 e. The first-order valence-electron chi connectivity index (χ1n) is 5.77. The van der Waals surface area contributed by atoms with Gasteiger partial charge in [-0.3, -0.25) is 9.59 Å². The first-order chi connectivity index (χ1) is 9.06. The molecule has 0 unspecified atom stereocenters. The summed E-state index contributed by atoms with van der Waals surface area (Å²) in [6.07, 6.45) is 0. The van der Waals surface area contributed by atoms with Gasteiger partial charge in [-0.25, -0.2) is 0 Å². The molecule has 0 heterocycles. The Morgan fingerprint density at radius 3 is 2.26 bits per heavy atom. The second-order valence-corrected chi connectivity index (χ2v) is 4.09. The molecule has 0 aliphatic carbocycles. The van der Waals surface area contributed by atoms with E-state index < -0.39 is 0 Å². The van der Waals surface area contributed by atoms with Crippen molar-refractivity contribution in [3.05, 3.63) is 41.5 Å². The van der Waals surface area contributed by atoms with E-state index in [4.69, 9.17) is 0 Å². The molecule has 19 heavy (non-hydrogen) atoms. The Kier molecular flexibility index (Phi) is 3.37. The van der Waals surface area contributed by atoms with Crippen molar-refractivity contribution in [3.63, 3.8) is 0 Å². The summed E-state index contributed by atoms with van der Waals surface area (Å²) in [7, 11) is 3.05. The molecule has 3 N–H and O–H groups in total. The predicted molar refractivity (Wildman–Crippen MR) is 72.4 cm³/mol. The SMILES string of the molecule is CNC(=O)c1ccc2cc(O)c(C(=O)NC)cc2c1. The summed E-state index contributed by atoms with van der Waals surface area (Å²) in [5, 5.41) is 16.3. The third-order valence-corrected chi connectivity index (χ3v) is 2.92. The smallest absolute Gasteiger partial charge is 0.254 e. The Balaban J connectivity index is 2.61. The van der Waals surface area contributed by atoms with Crippen molar-refractivity contribution in [2.24, 2.45) is 0 Å². The van der Waals surface area contributed by atoms with Crippen LogP contribution in [0.15, 0.2) is 30.3 Å². The zero-order chi connectivity index (χ0) is 14.0. The minimum atomic E-state index is -0.371. The van der Waals surface area contributed by atoms with Gasteiger partial charge in [0.25, 0.3) is 11.8 Å². The summed E-state index contributed by atoms with van der Waals surface area (Å²) < 4.78 is 0. The molecule has 98 valence electrons. The Hall–Kier alpha value is -2.56. The molecule has 0 radical (unpaired) electrons. The van der Waals surface area contributed by atoms with Crippen LogP contribution in [0.25, 0.3) is 10.8 Å². The third kappa shape index (κ3) is 2.35. The largest absolute Gasteiger partial charge is 0.507 e. The van der Waals surface area contributed by atoms with Crippen LogP contribution < -0.4 is 10.6 Å². The van der Waals surface area contributed by atoms with Crippen LogP contribution in [0, 0.1) is 0 Å². The number of hydrogen-bond donors (Lipinski definition) is 3. The normalized spacial score (nSPS) is 10.2. The van der Waals surface area contributed by atoms with E-state index in [1.54, 1.807) is 31.3 Å². The zero-order valence-corrected chi connectivity index (χ0v) is 10.7. The molecule has 0 bridgehead atoms. The third-order valence-electron chi connectivity index (χ3n) is 2.92. The molecule has 0 aromatic heterocycles. The van der Waals surface area contributed by atoms with Crippen molar-refractivity contribution < 1.29 is 14.7 Å². The van der Waals surface area contributed by atoms with E-state index in [1.807, 2.05) is 0 Å². The van der Waals surface area contributed by atoms with Gasteiger partial charge >= 0.3 is 0 Å². The lowest BCUT2D eigenvalue weighted by Gasteiger charge is -2.07. The highest BCUT2D eigenvalue weighted by Crippen LogP contribution is 2.25. The minimum absolute atomic E-state index is 0.0838. The summed E-state index contributed by atoms with van der Waals surface area (Å²) in [4.78, 5) is 23.2. The van der Waals surface area contributed by atoms with Crippen LogP contribution in [0.2, 0.25) is 0 Å². The van der Waals surface area contributed by atoms with Crippen LogP contribution in [0.3, 0.4) is 0 Å². The molecule has 2 rings (SSSR count). The van der Waals surface area contributed by atoms with Gasteiger partial charge in [0.1, 0.15) is 5.75 Å². The predicted octanol–water partition coefficient (Wildman–Crippen LogP) is 1.26. The second kappa shape index (κ2) is 4.97. The maximum Gasteiger partial charge on any atom is 0.254 e. The number of nitrogens with one attached hydrogen (secondary N) is 2. The Bertz CT molecular complexity index is 665. The van der Waals surface area contributed by atoms with Crippen molar-refractivity contribution in [3.8, 4) is 5.75 Å². The van der Waals surface area contributed by atoms with Crippen LogP contribution in [0.1, 0.15) is 20.7 Å². The van der Waals surface area contributed by atoms with Crippen molar-refractivity contribution in [2.45, 2.75) is 0 Å². The van der Waals surface area contributed by atoms with E-state index >= 15 is 0 Å². The van der Waals surface area contributed by atoms with Crippen molar-refractivity contribution in [1.29, 1.82) is 0 Å². The molecular weight excluding hydrogens is 244 g/mol. The lowest BCUT2D eigenvalue weighted by molar-refractivity contribution is 0.0954. The maximum absolute atomic E-state index is 11.6. The van der Waals surface area contributed by atoms with Crippen molar-refractivity contribution in [2.75, 3.05) is 14.1 Å². The highest BCUT2D eigenvalue weighted by molar-refractivity contribution is 6.03. The van der Waals surface area contributed by atoms with Gasteiger partial charge in [0.15, 0.2) is 0 Å². The van der Waals surface area contributed by atoms with Gasteiger partial charge in [-0.1, -0.05) is 6.07 Å². The summed E-state index contributed by atoms with van der Waals surface area (Å²) in [5.74, 6) is -0.652. The molecule has 0 saturated carbocycles. The number of fused-ring (bicyclic) bond motifs is 1. The van der Waals surface area contributed by atoms with Crippen LogP contribution >= 0.6 is 0 Å². The molecule has 0 aliphatic heterocycles. The van der Waals surface area contributed by atoms with Crippen molar-refractivity contribution >= 4 is 22.6 Å². The van der Waals surface area contributed by atoms with E-state index in [9.17, 15) is 14.7 Å². The molecular formula is C14H14N2O3. The number of aromatic hydroxyl groups is 1. The molecule has 2 aromatic rings. The van der Waals surface area contributed by atoms with Gasteiger partial charge in [-0.05, 0) is 35.0 Å². The summed E-state index contributed by atoms with van der Waals surface area (Å²) in [5.41, 5.74) is 0.688. The molecule has 0 atom stereocenters. The first kappa shape index (κ1) is 12.9. The number of amides is 2. The van der Waals surface area contributed by atoms with Gasteiger partial charge in [-0.15, -0.1) is 0 Å². The number of carbonyl (C=O) groups is 2. The lowest BCUT2D eigenvalue weighted by atomic mass is 10.0. The van der Waals surface area contributed by atoms with Gasteiger partial charge in [0, 0.05) is 19.7 Å². The average molecular weight is 258 g/mol. The van der Waals surface area contributed by atoms with E-state index in [-0.39, 0.29) is 23.1 Å². The van der Waals surface area contributed by atoms with E-state index in [1.165, 1.54) is 13.1 Å². The maximum atomic E-state index is 11.6. The Labute approximate surface area is 110 Å². The van der Waals surface area contributed by atoms with E-state index in [2.05, 4.69) is 10.6 Å². The summed E-state index contributed by atoms with van der Waals surface area (Å²) in [6, 6.07) is 8.15. The fourth-order valence-corrected chi connectivity index (χ4v) is 1.89. The van der Waals surface area contributed by atoms with Crippen LogP contribution in [0.4, 0.5) is 0 Å². The molecule has 0 spiro atoms. The quantitative estimate of drug-likeness (QED) is 0.759. The number of benzene rings is 2. The number of carbonyl (C=O) groups excluding carboxylic acids is 2. The van der Waals surface area contributed by atoms with Crippen molar-refractivity contribution in [1.82, 2.24) is 10.6 Å². The molecule has 2 amide bonds. The second-order valence-electron chi connectivity index (χ2n) is 4.09. The Morgan fingerprint density at radius 2 is 1.63 bits per heavy atom. The lowest BCUT2D eigenvalue weighted by Crippen LogP contribution is -2.18. The van der Waals surface area contributed by atoms with Crippen LogP contribution in [-0.2, 0) is 0 Å². The van der Waals surface area contributed by atoms with Crippen LogP contribution in [-0.4, -0.2) is 31.0 Å². The van der Waals surface area contributed by atoms with Gasteiger partial charge in [-0.2, -0.15) is 0 Å². The number of rotatable bonds is 2. The number of hydrogen-bond acceptors (Lipinski definition) is 3. The molecule has 2 aromatic carbocycles. The molecule has 5 nitrogen and oxygen atoms in total. The van der Waals surface area contributed by atoms with Gasteiger partial charge in [0.05, 0.1) is 5.56 Å². The number of phenolic OH excluding ortho intramolecular Hbond substituents is 1. The number of phenols is 1. The van der Waals surface area contributed by atoms with E-state index in [0.29, 0.717) is 5.56 Å². The fraction of sp³-hybridized carbons (Fsp3) is 0.143. The molecule has 0 fully saturated rings.